The highest BCUT2D eigenvalue weighted by atomic mass is 16.1. The molecule has 0 bridgehead atoms. The first-order valence-corrected chi connectivity index (χ1v) is 9.94. The third-order valence-electron chi connectivity index (χ3n) is 5.12. The Kier molecular flexibility index (Phi) is 5.39. The third kappa shape index (κ3) is 4.35. The second kappa shape index (κ2) is 8.27. The first kappa shape index (κ1) is 18.9. The lowest BCUT2D eigenvalue weighted by Gasteiger charge is -2.12. The van der Waals surface area contributed by atoms with Crippen LogP contribution < -0.4 is 5.56 Å². The second-order valence-corrected chi connectivity index (χ2v) is 7.56. The van der Waals surface area contributed by atoms with Gasteiger partial charge in [-0.15, -0.1) is 0 Å². The largest absolute Gasteiger partial charge is 0.307 e. The number of hydrogen-bond acceptors (Lipinski definition) is 2. The molecule has 0 aliphatic rings. The van der Waals surface area contributed by atoms with Gasteiger partial charge in [0.25, 0.3) is 5.56 Å². The molecule has 0 unspecified atom stereocenters. The first-order chi connectivity index (χ1) is 14.1. The van der Waals surface area contributed by atoms with Gasteiger partial charge in [-0.3, -0.25) is 4.79 Å². The molecular formula is C26H24N2O. The summed E-state index contributed by atoms with van der Waals surface area (Å²) in [5, 5.41) is 0. The highest BCUT2D eigenvalue weighted by Crippen LogP contribution is 2.27. The van der Waals surface area contributed by atoms with Crippen LogP contribution in [0.5, 0.6) is 0 Å². The molecule has 1 heterocycles. The monoisotopic (exact) mass is 380 g/mol. The maximum absolute atomic E-state index is 12.2. The Labute approximate surface area is 171 Å². The van der Waals surface area contributed by atoms with E-state index in [4.69, 9.17) is 4.98 Å². The molecule has 4 rings (SSSR count). The molecule has 1 aromatic heterocycles. The topological polar surface area (TPSA) is 45.8 Å². The van der Waals surface area contributed by atoms with Gasteiger partial charge in [0, 0.05) is 18.1 Å². The van der Waals surface area contributed by atoms with Crippen molar-refractivity contribution >= 4 is 0 Å². The van der Waals surface area contributed by atoms with Crippen molar-refractivity contribution in [1.82, 2.24) is 9.97 Å². The van der Waals surface area contributed by atoms with Gasteiger partial charge in [0.1, 0.15) is 5.82 Å². The Hall–Kier alpha value is -3.46. The Morgan fingerprint density at radius 3 is 2.24 bits per heavy atom. The standard InChI is InChI=1S/C26H24N2O/c1-18(2)19-12-14-20(15-13-19)24-11-7-6-10-22(24)16-23-17-25(29)28-26(27-23)21-8-4-3-5-9-21/h3-15,17-18H,16H2,1-2H3,(H,27,28,29). The van der Waals surface area contributed by atoms with Crippen molar-refractivity contribution in [2.75, 3.05) is 0 Å². The van der Waals surface area contributed by atoms with Crippen molar-refractivity contribution in [2.45, 2.75) is 26.2 Å². The third-order valence-corrected chi connectivity index (χ3v) is 5.12. The smallest absolute Gasteiger partial charge is 0.251 e. The summed E-state index contributed by atoms with van der Waals surface area (Å²) in [6, 6.07) is 28.4. The average molecular weight is 380 g/mol. The molecule has 0 saturated carbocycles. The summed E-state index contributed by atoms with van der Waals surface area (Å²) in [4.78, 5) is 19.8. The summed E-state index contributed by atoms with van der Waals surface area (Å²) in [6.07, 6.45) is 0.603. The van der Waals surface area contributed by atoms with Gasteiger partial charge < -0.3 is 4.98 Å². The van der Waals surface area contributed by atoms with E-state index in [1.807, 2.05) is 36.4 Å². The Morgan fingerprint density at radius 1 is 0.828 bits per heavy atom. The van der Waals surface area contributed by atoms with E-state index in [0.29, 0.717) is 18.2 Å². The first-order valence-electron chi connectivity index (χ1n) is 9.94. The molecule has 0 saturated heterocycles. The number of benzene rings is 3. The molecule has 0 spiro atoms. The van der Waals surface area contributed by atoms with Crippen LogP contribution in [0, 0.1) is 0 Å². The average Bonchev–Trinajstić information content (AvgIpc) is 2.74. The van der Waals surface area contributed by atoms with Crippen LogP contribution in [0.25, 0.3) is 22.5 Å². The molecule has 0 fully saturated rings. The number of nitrogens with one attached hydrogen (secondary N) is 1. The number of hydrogen-bond donors (Lipinski definition) is 1. The van der Waals surface area contributed by atoms with Crippen LogP contribution in [0.2, 0.25) is 0 Å². The fourth-order valence-electron chi connectivity index (χ4n) is 3.53. The van der Waals surface area contributed by atoms with Crippen molar-refractivity contribution in [1.29, 1.82) is 0 Å². The van der Waals surface area contributed by atoms with Crippen molar-refractivity contribution in [3.63, 3.8) is 0 Å². The molecule has 0 aliphatic heterocycles. The van der Waals surface area contributed by atoms with Gasteiger partial charge in [-0.1, -0.05) is 92.7 Å². The minimum atomic E-state index is -0.132. The highest BCUT2D eigenvalue weighted by molar-refractivity contribution is 5.68. The fraction of sp³-hybridized carbons (Fsp3) is 0.154. The number of aromatic nitrogens is 2. The van der Waals surface area contributed by atoms with E-state index in [-0.39, 0.29) is 5.56 Å². The second-order valence-electron chi connectivity index (χ2n) is 7.56. The molecule has 29 heavy (non-hydrogen) atoms. The molecule has 4 aromatic rings. The zero-order valence-electron chi connectivity index (χ0n) is 16.7. The molecule has 3 heteroatoms. The Bertz CT molecular complexity index is 1160. The molecule has 0 aliphatic carbocycles. The zero-order valence-corrected chi connectivity index (χ0v) is 16.7. The normalized spacial score (nSPS) is 11.0. The lowest BCUT2D eigenvalue weighted by atomic mass is 9.94. The Morgan fingerprint density at radius 2 is 1.52 bits per heavy atom. The summed E-state index contributed by atoms with van der Waals surface area (Å²) in [5.41, 5.74) is 6.37. The minimum absolute atomic E-state index is 0.132. The molecule has 0 amide bonds. The van der Waals surface area contributed by atoms with Crippen molar-refractivity contribution < 1.29 is 0 Å². The quantitative estimate of drug-likeness (QED) is 0.474. The van der Waals surface area contributed by atoms with Crippen LogP contribution in [-0.4, -0.2) is 9.97 Å². The molecular weight excluding hydrogens is 356 g/mol. The van der Waals surface area contributed by atoms with Crippen LogP contribution in [-0.2, 0) is 6.42 Å². The molecule has 0 atom stereocenters. The van der Waals surface area contributed by atoms with Crippen LogP contribution in [0.3, 0.4) is 0 Å². The van der Waals surface area contributed by atoms with Gasteiger partial charge in [-0.25, -0.2) is 4.98 Å². The summed E-state index contributed by atoms with van der Waals surface area (Å²) in [7, 11) is 0. The van der Waals surface area contributed by atoms with E-state index >= 15 is 0 Å². The van der Waals surface area contributed by atoms with Crippen molar-refractivity contribution in [2.24, 2.45) is 0 Å². The van der Waals surface area contributed by atoms with Gasteiger partial charge in [-0.2, -0.15) is 0 Å². The lowest BCUT2D eigenvalue weighted by Crippen LogP contribution is -2.11. The predicted octanol–water partition coefficient (Wildman–Crippen LogP) is 5.82. The van der Waals surface area contributed by atoms with E-state index in [1.54, 1.807) is 6.07 Å². The van der Waals surface area contributed by atoms with E-state index < -0.39 is 0 Å². The Balaban J connectivity index is 1.69. The van der Waals surface area contributed by atoms with Crippen LogP contribution in [0.1, 0.15) is 36.6 Å². The van der Waals surface area contributed by atoms with E-state index in [9.17, 15) is 4.79 Å². The van der Waals surface area contributed by atoms with Crippen molar-refractivity contribution in [3.8, 4) is 22.5 Å². The number of nitrogens with zero attached hydrogens (tertiary/aromatic N) is 1. The van der Waals surface area contributed by atoms with Crippen LogP contribution >= 0.6 is 0 Å². The van der Waals surface area contributed by atoms with E-state index in [1.165, 1.54) is 16.7 Å². The van der Waals surface area contributed by atoms with Gasteiger partial charge >= 0.3 is 0 Å². The summed E-state index contributed by atoms with van der Waals surface area (Å²) >= 11 is 0. The van der Waals surface area contributed by atoms with Gasteiger partial charge in [0.05, 0.1) is 5.69 Å². The van der Waals surface area contributed by atoms with Gasteiger partial charge in [0.2, 0.25) is 0 Å². The SMILES string of the molecule is CC(C)c1ccc(-c2ccccc2Cc2cc(=O)[nH]c(-c3ccccc3)n2)cc1. The number of aromatic amines is 1. The minimum Gasteiger partial charge on any atom is -0.307 e. The van der Waals surface area contributed by atoms with Gasteiger partial charge in [0.15, 0.2) is 0 Å². The van der Waals surface area contributed by atoms with Crippen LogP contribution in [0.4, 0.5) is 0 Å². The molecule has 3 aromatic carbocycles. The molecule has 144 valence electrons. The molecule has 0 radical (unpaired) electrons. The maximum Gasteiger partial charge on any atom is 0.251 e. The van der Waals surface area contributed by atoms with E-state index in [0.717, 1.165) is 16.8 Å². The lowest BCUT2D eigenvalue weighted by molar-refractivity contribution is 0.867. The summed E-state index contributed by atoms with van der Waals surface area (Å²) < 4.78 is 0. The van der Waals surface area contributed by atoms with Gasteiger partial charge in [-0.05, 0) is 28.2 Å². The predicted molar refractivity (Wildman–Crippen MR) is 119 cm³/mol. The molecule has 1 N–H and O–H groups in total. The number of H-pyrrole nitrogens is 1. The fourth-order valence-corrected chi connectivity index (χ4v) is 3.53. The maximum atomic E-state index is 12.2. The summed E-state index contributed by atoms with van der Waals surface area (Å²) in [6.45, 7) is 4.40. The number of rotatable bonds is 5. The van der Waals surface area contributed by atoms with Crippen molar-refractivity contribution in [3.05, 3.63) is 112 Å². The van der Waals surface area contributed by atoms with E-state index in [2.05, 4.69) is 61.3 Å². The summed E-state index contributed by atoms with van der Waals surface area (Å²) in [5.74, 6) is 1.11. The highest BCUT2D eigenvalue weighted by Gasteiger charge is 2.10. The zero-order chi connectivity index (χ0) is 20.2. The molecule has 3 nitrogen and oxygen atoms in total. The van der Waals surface area contributed by atoms with Crippen LogP contribution in [0.15, 0.2) is 89.7 Å².